The summed E-state index contributed by atoms with van der Waals surface area (Å²) in [6.45, 7) is 1.37. The second-order valence-electron chi connectivity index (χ2n) is 4.61. The van der Waals surface area contributed by atoms with Gasteiger partial charge in [0.25, 0.3) is 15.7 Å². The van der Waals surface area contributed by atoms with Gasteiger partial charge in [-0.25, -0.2) is 8.42 Å². The third-order valence-corrected chi connectivity index (χ3v) is 4.68. The van der Waals surface area contributed by atoms with Crippen molar-refractivity contribution in [2.24, 2.45) is 0 Å². The van der Waals surface area contributed by atoms with Gasteiger partial charge in [0, 0.05) is 11.6 Å². The number of rotatable bonds is 5. The topological polar surface area (TPSA) is 106 Å². The van der Waals surface area contributed by atoms with E-state index in [0.717, 1.165) is 6.07 Å². The van der Waals surface area contributed by atoms with Crippen molar-refractivity contribution in [1.82, 2.24) is 0 Å². The molecule has 0 aliphatic carbocycles. The minimum Gasteiger partial charge on any atom is -0.295 e. The van der Waals surface area contributed by atoms with Crippen molar-refractivity contribution >= 4 is 38.8 Å². The van der Waals surface area contributed by atoms with E-state index < -0.39 is 20.6 Å². The second-order valence-corrected chi connectivity index (χ2v) is 6.70. The first kappa shape index (κ1) is 16.9. The molecule has 0 saturated carbocycles. The largest absolute Gasteiger partial charge is 0.295 e. The van der Waals surface area contributed by atoms with Crippen LogP contribution in [0.25, 0.3) is 0 Å². The van der Waals surface area contributed by atoms with E-state index in [9.17, 15) is 23.3 Å². The average Bonchev–Trinajstić information content (AvgIpc) is 2.48. The molecule has 0 fully saturated rings. The number of Topliss-reactive ketones (excluding diaryl/α,β-unsaturated/α-hetero) is 1. The molecule has 0 heterocycles. The lowest BCUT2D eigenvalue weighted by Crippen LogP contribution is -2.13. The summed E-state index contributed by atoms with van der Waals surface area (Å²) in [6, 6.07) is 8.92. The summed E-state index contributed by atoms with van der Waals surface area (Å²) in [5, 5.41) is 10.7. The Bertz CT molecular complexity index is 879. The first-order valence-electron chi connectivity index (χ1n) is 6.28. The number of sulfonamides is 1. The van der Waals surface area contributed by atoms with Gasteiger partial charge in [-0.3, -0.25) is 19.6 Å². The minimum absolute atomic E-state index is 0.0109. The molecule has 0 amide bonds. The van der Waals surface area contributed by atoms with E-state index in [1.54, 1.807) is 0 Å². The summed E-state index contributed by atoms with van der Waals surface area (Å²) in [6.07, 6.45) is 0. The Labute approximate surface area is 137 Å². The quantitative estimate of drug-likeness (QED) is 0.504. The molecule has 23 heavy (non-hydrogen) atoms. The van der Waals surface area contributed by atoms with Gasteiger partial charge in [-0.1, -0.05) is 23.7 Å². The maximum atomic E-state index is 12.2. The Morgan fingerprint density at radius 2 is 1.78 bits per heavy atom. The Morgan fingerprint density at radius 1 is 1.17 bits per heavy atom. The van der Waals surface area contributed by atoms with Crippen LogP contribution in [0.2, 0.25) is 5.02 Å². The van der Waals surface area contributed by atoms with Gasteiger partial charge in [-0.05, 0) is 31.2 Å². The van der Waals surface area contributed by atoms with Crippen LogP contribution in [0.15, 0.2) is 47.4 Å². The van der Waals surface area contributed by atoms with E-state index in [4.69, 9.17) is 11.6 Å². The predicted molar refractivity (Wildman–Crippen MR) is 85.4 cm³/mol. The summed E-state index contributed by atoms with van der Waals surface area (Å²) < 4.78 is 26.7. The third kappa shape index (κ3) is 3.85. The molecule has 0 atom stereocenters. The van der Waals surface area contributed by atoms with Crippen LogP contribution >= 0.6 is 11.6 Å². The molecule has 0 aliphatic heterocycles. The molecule has 2 rings (SSSR count). The fourth-order valence-corrected chi connectivity index (χ4v) is 3.04. The normalized spacial score (nSPS) is 11.0. The summed E-state index contributed by atoms with van der Waals surface area (Å²) in [5.74, 6) is -0.185. The Morgan fingerprint density at radius 3 is 2.30 bits per heavy atom. The zero-order chi connectivity index (χ0) is 17.2. The molecule has 1 N–H and O–H groups in total. The van der Waals surface area contributed by atoms with Gasteiger partial charge in [0.05, 0.1) is 15.5 Å². The standard InChI is InChI=1S/C14H11ClN2O5S/c1-9(18)10-2-5-12(6-3-10)23(21,22)16-11-4-7-13(15)14(8-11)17(19)20/h2-8,16H,1H3. The van der Waals surface area contributed by atoms with Crippen LogP contribution in [-0.4, -0.2) is 19.1 Å². The number of benzene rings is 2. The third-order valence-electron chi connectivity index (χ3n) is 2.97. The smallest absolute Gasteiger partial charge is 0.289 e. The maximum Gasteiger partial charge on any atom is 0.289 e. The monoisotopic (exact) mass is 354 g/mol. The lowest BCUT2D eigenvalue weighted by molar-refractivity contribution is -0.384. The van der Waals surface area contributed by atoms with Crippen LogP contribution in [0.4, 0.5) is 11.4 Å². The van der Waals surface area contributed by atoms with Crippen LogP contribution < -0.4 is 4.72 Å². The van der Waals surface area contributed by atoms with Crippen LogP contribution in [-0.2, 0) is 10.0 Å². The van der Waals surface area contributed by atoms with Crippen molar-refractivity contribution in [2.75, 3.05) is 4.72 Å². The maximum absolute atomic E-state index is 12.2. The molecule has 0 unspecified atom stereocenters. The van der Waals surface area contributed by atoms with Crippen molar-refractivity contribution < 1.29 is 18.1 Å². The van der Waals surface area contributed by atoms with Crippen molar-refractivity contribution in [1.29, 1.82) is 0 Å². The fourth-order valence-electron chi connectivity index (χ4n) is 1.80. The van der Waals surface area contributed by atoms with Crippen molar-refractivity contribution in [3.63, 3.8) is 0 Å². The van der Waals surface area contributed by atoms with Crippen molar-refractivity contribution in [3.8, 4) is 0 Å². The van der Waals surface area contributed by atoms with Crippen LogP contribution in [0.3, 0.4) is 0 Å². The molecule has 9 heteroatoms. The zero-order valence-corrected chi connectivity index (χ0v) is 13.4. The number of halogens is 1. The molecule has 0 spiro atoms. The Hall–Kier alpha value is -2.45. The minimum atomic E-state index is -3.94. The molecular formula is C14H11ClN2O5S. The van der Waals surface area contributed by atoms with E-state index in [-0.39, 0.29) is 21.4 Å². The number of carbonyl (C=O) groups excluding carboxylic acids is 1. The molecule has 0 aromatic heterocycles. The average molecular weight is 355 g/mol. The predicted octanol–water partition coefficient (Wildman–Crippen LogP) is 3.25. The zero-order valence-electron chi connectivity index (χ0n) is 11.8. The van der Waals surface area contributed by atoms with Crippen LogP contribution in [0.1, 0.15) is 17.3 Å². The summed E-state index contributed by atoms with van der Waals surface area (Å²) >= 11 is 5.68. The van der Waals surface area contributed by atoms with Gasteiger partial charge >= 0.3 is 0 Å². The Balaban J connectivity index is 2.33. The highest BCUT2D eigenvalue weighted by molar-refractivity contribution is 7.92. The SMILES string of the molecule is CC(=O)c1ccc(S(=O)(=O)Nc2ccc(Cl)c([N+](=O)[O-])c2)cc1. The number of anilines is 1. The lowest BCUT2D eigenvalue weighted by atomic mass is 10.2. The van der Waals surface area contributed by atoms with Gasteiger partial charge in [-0.2, -0.15) is 0 Å². The molecule has 0 radical (unpaired) electrons. The van der Waals surface area contributed by atoms with Crippen LogP contribution in [0.5, 0.6) is 0 Å². The molecule has 0 aliphatic rings. The van der Waals surface area contributed by atoms with Gasteiger partial charge in [0.1, 0.15) is 5.02 Å². The van der Waals surface area contributed by atoms with Gasteiger partial charge < -0.3 is 0 Å². The Kier molecular flexibility index (Phi) is 4.67. The molecule has 0 saturated heterocycles. The number of hydrogen-bond donors (Lipinski definition) is 1. The fraction of sp³-hybridized carbons (Fsp3) is 0.0714. The van der Waals surface area contributed by atoms with E-state index in [0.29, 0.717) is 5.56 Å². The highest BCUT2D eigenvalue weighted by Crippen LogP contribution is 2.28. The number of hydrogen-bond acceptors (Lipinski definition) is 5. The van der Waals surface area contributed by atoms with E-state index >= 15 is 0 Å². The number of nitrogens with one attached hydrogen (secondary N) is 1. The van der Waals surface area contributed by atoms with Crippen molar-refractivity contribution in [3.05, 3.63) is 63.2 Å². The van der Waals surface area contributed by atoms with E-state index in [1.807, 2.05) is 0 Å². The van der Waals surface area contributed by atoms with Crippen LogP contribution in [0, 0.1) is 10.1 Å². The highest BCUT2D eigenvalue weighted by atomic mass is 35.5. The molecule has 7 nitrogen and oxygen atoms in total. The van der Waals surface area contributed by atoms with E-state index in [2.05, 4.69) is 4.72 Å². The van der Waals surface area contributed by atoms with Crippen molar-refractivity contribution in [2.45, 2.75) is 11.8 Å². The highest BCUT2D eigenvalue weighted by Gasteiger charge is 2.18. The molecule has 120 valence electrons. The number of ketones is 1. The van der Waals surface area contributed by atoms with Gasteiger partial charge in [0.2, 0.25) is 0 Å². The first-order valence-corrected chi connectivity index (χ1v) is 8.14. The number of nitrogens with zero attached hydrogens (tertiary/aromatic N) is 1. The number of nitro groups is 1. The molecule has 0 bridgehead atoms. The molecule has 2 aromatic carbocycles. The number of carbonyl (C=O) groups is 1. The van der Waals surface area contributed by atoms with Gasteiger partial charge in [-0.15, -0.1) is 0 Å². The lowest BCUT2D eigenvalue weighted by Gasteiger charge is -2.08. The summed E-state index contributed by atoms with van der Waals surface area (Å²) in [7, 11) is -3.94. The number of nitro benzene ring substituents is 1. The second kappa shape index (κ2) is 6.35. The van der Waals surface area contributed by atoms with Gasteiger partial charge in [0.15, 0.2) is 5.78 Å². The van der Waals surface area contributed by atoms with E-state index in [1.165, 1.54) is 43.3 Å². The summed E-state index contributed by atoms with van der Waals surface area (Å²) in [5.41, 5.74) is -0.0124. The first-order chi connectivity index (χ1) is 10.7. The summed E-state index contributed by atoms with van der Waals surface area (Å²) in [4.78, 5) is 21.2. The molecule has 2 aromatic rings. The molecular weight excluding hydrogens is 344 g/mol.